The molecule has 0 fully saturated rings. The lowest BCUT2D eigenvalue weighted by molar-refractivity contribution is 0.0185. The molecule has 1 heterocycles. The fourth-order valence-electron chi connectivity index (χ4n) is 1.49. The van der Waals surface area contributed by atoms with Crippen molar-refractivity contribution in [3.8, 4) is 0 Å². The van der Waals surface area contributed by atoms with Crippen molar-refractivity contribution in [1.82, 2.24) is 4.57 Å². The van der Waals surface area contributed by atoms with E-state index in [4.69, 9.17) is 4.74 Å². The summed E-state index contributed by atoms with van der Waals surface area (Å²) in [5.41, 5.74) is 0.889. The molecule has 0 amide bonds. The molecule has 0 saturated carbocycles. The summed E-state index contributed by atoms with van der Waals surface area (Å²) in [6, 6.07) is 3.40. The Morgan fingerprint density at radius 1 is 1.41 bits per heavy atom. The fourth-order valence-corrected chi connectivity index (χ4v) is 1.49. The van der Waals surface area contributed by atoms with Crippen LogP contribution in [0.5, 0.6) is 0 Å². The van der Waals surface area contributed by atoms with Gasteiger partial charge in [0, 0.05) is 32.5 Å². The number of hydrogen-bond acceptors (Lipinski definition) is 3. The van der Waals surface area contributed by atoms with Crippen molar-refractivity contribution in [3.05, 3.63) is 28.7 Å². The van der Waals surface area contributed by atoms with Gasteiger partial charge in [0.25, 0.3) is 5.56 Å². The van der Waals surface area contributed by atoms with Crippen molar-refractivity contribution in [3.63, 3.8) is 0 Å². The van der Waals surface area contributed by atoms with E-state index in [0.29, 0.717) is 6.54 Å². The van der Waals surface area contributed by atoms with Crippen LogP contribution in [-0.2, 0) is 11.3 Å². The van der Waals surface area contributed by atoms with Crippen molar-refractivity contribution in [2.45, 2.75) is 39.3 Å². The predicted molar refractivity (Wildman–Crippen MR) is 70.6 cm³/mol. The summed E-state index contributed by atoms with van der Waals surface area (Å²) in [5.74, 6) is 0. The molecule has 1 rings (SSSR count). The van der Waals surface area contributed by atoms with Crippen molar-refractivity contribution in [2.24, 2.45) is 0 Å². The van der Waals surface area contributed by atoms with E-state index in [-0.39, 0.29) is 11.2 Å². The van der Waals surface area contributed by atoms with Gasteiger partial charge < -0.3 is 14.6 Å². The van der Waals surface area contributed by atoms with Crippen molar-refractivity contribution in [1.29, 1.82) is 0 Å². The Balaban J connectivity index is 2.56. The maximum absolute atomic E-state index is 11.4. The molecule has 0 unspecified atom stereocenters. The third-order valence-electron chi connectivity index (χ3n) is 2.93. The number of ether oxygens (including phenoxy) is 1. The minimum absolute atomic E-state index is 0.0373. The monoisotopic (exact) mass is 238 g/mol. The molecule has 0 atom stereocenters. The maximum atomic E-state index is 11.4. The van der Waals surface area contributed by atoms with E-state index >= 15 is 0 Å². The molecule has 1 aromatic heterocycles. The Bertz CT molecular complexity index is 410. The Kier molecular flexibility index (Phi) is 4.75. The zero-order valence-corrected chi connectivity index (χ0v) is 11.1. The summed E-state index contributed by atoms with van der Waals surface area (Å²) in [6.07, 6.45) is 2.76. The first kappa shape index (κ1) is 13.8. The first-order valence-electron chi connectivity index (χ1n) is 5.98. The minimum atomic E-state index is -0.119. The Hall–Kier alpha value is -1.29. The average molecular weight is 238 g/mol. The van der Waals surface area contributed by atoms with Crippen LogP contribution < -0.4 is 10.9 Å². The number of anilines is 1. The largest absolute Gasteiger partial charge is 0.384 e. The van der Waals surface area contributed by atoms with E-state index in [1.165, 1.54) is 0 Å². The maximum Gasteiger partial charge on any atom is 0.250 e. The van der Waals surface area contributed by atoms with Crippen molar-refractivity contribution >= 4 is 5.69 Å². The summed E-state index contributed by atoms with van der Waals surface area (Å²) in [4.78, 5) is 11.4. The summed E-state index contributed by atoms with van der Waals surface area (Å²) in [7, 11) is 1.72. The Labute approximate surface area is 103 Å². The first-order valence-corrected chi connectivity index (χ1v) is 5.98. The number of methoxy groups -OCH3 is 1. The van der Waals surface area contributed by atoms with Gasteiger partial charge in [0.1, 0.15) is 0 Å². The van der Waals surface area contributed by atoms with Gasteiger partial charge in [-0.25, -0.2) is 0 Å². The predicted octanol–water partition coefficient (Wildman–Crippen LogP) is 2.10. The lowest BCUT2D eigenvalue weighted by atomic mass is 10.1. The van der Waals surface area contributed by atoms with Crippen LogP contribution in [0.25, 0.3) is 0 Å². The van der Waals surface area contributed by atoms with E-state index in [0.717, 1.165) is 18.7 Å². The molecule has 17 heavy (non-hydrogen) atoms. The van der Waals surface area contributed by atoms with Crippen LogP contribution in [0.15, 0.2) is 23.1 Å². The summed E-state index contributed by atoms with van der Waals surface area (Å²) < 4.78 is 7.03. The highest BCUT2D eigenvalue weighted by molar-refractivity contribution is 5.40. The van der Waals surface area contributed by atoms with Crippen LogP contribution in [0.2, 0.25) is 0 Å². The number of pyridine rings is 1. The minimum Gasteiger partial charge on any atom is -0.384 e. The molecule has 0 spiro atoms. The summed E-state index contributed by atoms with van der Waals surface area (Å²) >= 11 is 0. The second-order valence-corrected chi connectivity index (χ2v) is 4.68. The van der Waals surface area contributed by atoms with E-state index in [2.05, 4.69) is 19.2 Å². The number of aryl methyl sites for hydroxylation is 1. The molecule has 4 nitrogen and oxygen atoms in total. The summed E-state index contributed by atoms with van der Waals surface area (Å²) in [5, 5.41) is 3.30. The van der Waals surface area contributed by atoms with Gasteiger partial charge in [0.15, 0.2) is 0 Å². The molecule has 0 bridgehead atoms. The van der Waals surface area contributed by atoms with E-state index in [1.807, 2.05) is 19.2 Å². The smallest absolute Gasteiger partial charge is 0.250 e. The highest BCUT2D eigenvalue weighted by Crippen LogP contribution is 2.13. The van der Waals surface area contributed by atoms with Crippen molar-refractivity contribution in [2.75, 3.05) is 19.0 Å². The lowest BCUT2D eigenvalue weighted by Crippen LogP contribution is -2.26. The standard InChI is InChI=1S/C13H22N2O2/c1-5-15-10-11(6-7-12(15)16)14-9-8-13(2,3)17-4/h6-7,10,14H,5,8-9H2,1-4H3. The molecule has 0 aromatic carbocycles. The molecule has 4 heteroatoms. The zero-order chi connectivity index (χ0) is 12.9. The van der Waals surface area contributed by atoms with Gasteiger partial charge in [0.05, 0.1) is 11.3 Å². The fraction of sp³-hybridized carbons (Fsp3) is 0.615. The van der Waals surface area contributed by atoms with Gasteiger partial charge in [0.2, 0.25) is 0 Å². The quantitative estimate of drug-likeness (QED) is 0.825. The van der Waals surface area contributed by atoms with Crippen LogP contribution in [0.4, 0.5) is 5.69 Å². The van der Waals surface area contributed by atoms with Crippen LogP contribution in [0, 0.1) is 0 Å². The number of aromatic nitrogens is 1. The SMILES string of the molecule is CCn1cc(NCCC(C)(C)OC)ccc1=O. The van der Waals surface area contributed by atoms with Gasteiger partial charge >= 0.3 is 0 Å². The molecule has 0 saturated heterocycles. The van der Waals surface area contributed by atoms with E-state index < -0.39 is 0 Å². The topological polar surface area (TPSA) is 43.3 Å². The molecule has 0 aliphatic carbocycles. The number of nitrogens with zero attached hydrogens (tertiary/aromatic N) is 1. The average Bonchev–Trinajstić information content (AvgIpc) is 2.31. The third kappa shape index (κ3) is 4.23. The van der Waals surface area contributed by atoms with Crippen LogP contribution >= 0.6 is 0 Å². The van der Waals surface area contributed by atoms with E-state index in [1.54, 1.807) is 17.7 Å². The van der Waals surface area contributed by atoms with Gasteiger partial charge in [-0.2, -0.15) is 0 Å². The highest BCUT2D eigenvalue weighted by Gasteiger charge is 2.15. The molecular formula is C13H22N2O2. The molecule has 0 aliphatic rings. The molecule has 1 N–H and O–H groups in total. The Morgan fingerprint density at radius 2 is 2.12 bits per heavy atom. The molecule has 96 valence electrons. The zero-order valence-electron chi connectivity index (χ0n) is 11.1. The number of rotatable bonds is 6. The number of hydrogen-bond donors (Lipinski definition) is 1. The van der Waals surface area contributed by atoms with Gasteiger partial charge in [-0.15, -0.1) is 0 Å². The second-order valence-electron chi connectivity index (χ2n) is 4.68. The van der Waals surface area contributed by atoms with Gasteiger partial charge in [-0.1, -0.05) is 0 Å². The summed E-state index contributed by atoms with van der Waals surface area (Å²) in [6.45, 7) is 7.59. The van der Waals surface area contributed by atoms with Gasteiger partial charge in [-0.3, -0.25) is 4.79 Å². The third-order valence-corrected chi connectivity index (χ3v) is 2.93. The molecule has 1 aromatic rings. The molecule has 0 aliphatic heterocycles. The number of nitrogens with one attached hydrogen (secondary N) is 1. The van der Waals surface area contributed by atoms with Crippen LogP contribution in [0.3, 0.4) is 0 Å². The normalized spacial score (nSPS) is 11.5. The van der Waals surface area contributed by atoms with Crippen LogP contribution in [0.1, 0.15) is 27.2 Å². The van der Waals surface area contributed by atoms with Gasteiger partial charge in [-0.05, 0) is 33.3 Å². The Morgan fingerprint density at radius 3 is 2.71 bits per heavy atom. The molecule has 0 radical (unpaired) electrons. The van der Waals surface area contributed by atoms with E-state index in [9.17, 15) is 4.79 Å². The van der Waals surface area contributed by atoms with Crippen LogP contribution in [-0.4, -0.2) is 23.8 Å². The molecular weight excluding hydrogens is 216 g/mol. The lowest BCUT2D eigenvalue weighted by Gasteiger charge is -2.23. The second kappa shape index (κ2) is 5.87. The highest BCUT2D eigenvalue weighted by atomic mass is 16.5. The van der Waals surface area contributed by atoms with Crippen molar-refractivity contribution < 1.29 is 4.74 Å². The first-order chi connectivity index (χ1) is 7.98.